The molecule has 2 amide bonds. The van der Waals surface area contributed by atoms with Crippen LogP contribution in [0.2, 0.25) is 4.34 Å². The van der Waals surface area contributed by atoms with Crippen molar-refractivity contribution < 1.29 is 14.3 Å². The van der Waals surface area contributed by atoms with Gasteiger partial charge in [-0.2, -0.15) is 0 Å². The molecule has 0 saturated carbocycles. The summed E-state index contributed by atoms with van der Waals surface area (Å²) in [7, 11) is 0. The Morgan fingerprint density at radius 1 is 1.38 bits per heavy atom. The van der Waals surface area contributed by atoms with E-state index >= 15 is 0 Å². The zero-order valence-electron chi connectivity index (χ0n) is 11.0. The number of anilines is 2. The van der Waals surface area contributed by atoms with Crippen LogP contribution in [-0.4, -0.2) is 17.9 Å². The van der Waals surface area contributed by atoms with E-state index in [0.29, 0.717) is 26.3 Å². The lowest BCUT2D eigenvalue weighted by Crippen LogP contribution is -2.34. The summed E-state index contributed by atoms with van der Waals surface area (Å²) in [6.45, 7) is 1.68. The molecule has 0 bridgehead atoms. The second-order valence-corrected chi connectivity index (χ2v) is 6.23. The normalized spacial score (nSPS) is 16.7. The van der Waals surface area contributed by atoms with E-state index in [9.17, 15) is 9.59 Å². The van der Waals surface area contributed by atoms with Crippen molar-refractivity contribution in [3.63, 3.8) is 0 Å². The number of thiophene rings is 1. The number of ether oxygens (including phenoxy) is 1. The van der Waals surface area contributed by atoms with Crippen LogP contribution >= 0.6 is 22.9 Å². The van der Waals surface area contributed by atoms with Crippen molar-refractivity contribution in [3.8, 4) is 5.75 Å². The average molecular weight is 323 g/mol. The van der Waals surface area contributed by atoms with Crippen LogP contribution in [0.25, 0.3) is 0 Å². The minimum absolute atomic E-state index is 0.212. The summed E-state index contributed by atoms with van der Waals surface area (Å²) in [4.78, 5) is 24.1. The molecule has 0 spiro atoms. The molecular weight excluding hydrogens is 312 g/mol. The van der Waals surface area contributed by atoms with Gasteiger partial charge in [0.2, 0.25) is 0 Å². The second kappa shape index (κ2) is 5.38. The predicted octanol–water partition coefficient (Wildman–Crippen LogP) is 3.37. The number of hydrogen-bond acceptors (Lipinski definition) is 4. The number of amides is 2. The highest BCUT2D eigenvalue weighted by Gasteiger charge is 2.23. The lowest BCUT2D eigenvalue weighted by atomic mass is 10.2. The third kappa shape index (κ3) is 2.86. The van der Waals surface area contributed by atoms with Gasteiger partial charge in [0, 0.05) is 5.69 Å². The van der Waals surface area contributed by atoms with Crippen LogP contribution in [-0.2, 0) is 4.79 Å². The summed E-state index contributed by atoms with van der Waals surface area (Å²) < 4.78 is 6.01. The van der Waals surface area contributed by atoms with Gasteiger partial charge in [0.25, 0.3) is 11.8 Å². The summed E-state index contributed by atoms with van der Waals surface area (Å²) in [5.74, 6) is 0.124. The van der Waals surface area contributed by atoms with Crippen LogP contribution < -0.4 is 15.4 Å². The van der Waals surface area contributed by atoms with E-state index in [0.717, 1.165) is 0 Å². The first kappa shape index (κ1) is 13.9. The van der Waals surface area contributed by atoms with Crippen LogP contribution in [0, 0.1) is 0 Å². The Labute approximate surface area is 129 Å². The van der Waals surface area contributed by atoms with Gasteiger partial charge < -0.3 is 15.4 Å². The fourth-order valence-corrected chi connectivity index (χ4v) is 2.85. The molecule has 3 rings (SSSR count). The van der Waals surface area contributed by atoms with Crippen molar-refractivity contribution in [1.29, 1.82) is 0 Å². The molecule has 0 saturated heterocycles. The first-order chi connectivity index (χ1) is 10.0. The summed E-state index contributed by atoms with van der Waals surface area (Å²) >= 11 is 7.01. The number of carbonyl (C=O) groups is 2. The maximum Gasteiger partial charge on any atom is 0.265 e. The summed E-state index contributed by atoms with van der Waals surface area (Å²) in [5.41, 5.74) is 1.11. The van der Waals surface area contributed by atoms with E-state index in [-0.39, 0.29) is 11.8 Å². The zero-order chi connectivity index (χ0) is 15.0. The molecule has 7 heteroatoms. The lowest BCUT2D eigenvalue weighted by Gasteiger charge is -2.23. The molecule has 0 fully saturated rings. The number of halogens is 1. The highest BCUT2D eigenvalue weighted by Crippen LogP contribution is 2.32. The second-order valence-electron chi connectivity index (χ2n) is 4.52. The lowest BCUT2D eigenvalue weighted by molar-refractivity contribution is -0.122. The van der Waals surface area contributed by atoms with E-state index in [2.05, 4.69) is 10.6 Å². The molecule has 5 nitrogen and oxygen atoms in total. The SMILES string of the molecule is C[C@H]1Oc2ccc(NC(=O)c3ccc(Cl)s3)cc2NC1=O. The molecule has 2 aromatic rings. The van der Waals surface area contributed by atoms with Gasteiger partial charge in [-0.05, 0) is 37.3 Å². The summed E-state index contributed by atoms with van der Waals surface area (Å²) in [6, 6.07) is 8.42. The quantitative estimate of drug-likeness (QED) is 0.890. The van der Waals surface area contributed by atoms with Crippen molar-refractivity contribution in [1.82, 2.24) is 0 Å². The fraction of sp³-hybridized carbons (Fsp3) is 0.143. The van der Waals surface area contributed by atoms with Crippen molar-refractivity contribution in [2.45, 2.75) is 13.0 Å². The van der Waals surface area contributed by atoms with Crippen molar-refractivity contribution in [2.24, 2.45) is 0 Å². The molecule has 0 unspecified atom stereocenters. The highest BCUT2D eigenvalue weighted by molar-refractivity contribution is 7.18. The molecule has 1 aromatic carbocycles. The Bertz CT molecular complexity index is 729. The van der Waals surface area contributed by atoms with Gasteiger partial charge in [-0.3, -0.25) is 9.59 Å². The van der Waals surface area contributed by atoms with E-state index in [1.165, 1.54) is 11.3 Å². The smallest absolute Gasteiger partial charge is 0.265 e. The number of rotatable bonds is 2. The maximum absolute atomic E-state index is 12.0. The number of hydrogen-bond donors (Lipinski definition) is 2. The Balaban J connectivity index is 1.80. The van der Waals surface area contributed by atoms with Gasteiger partial charge in [0.1, 0.15) is 5.75 Å². The minimum atomic E-state index is -0.522. The topological polar surface area (TPSA) is 67.4 Å². The molecule has 21 heavy (non-hydrogen) atoms. The molecule has 1 aliphatic heterocycles. The summed E-state index contributed by atoms with van der Waals surface area (Å²) in [5, 5.41) is 5.49. The number of nitrogens with one attached hydrogen (secondary N) is 2. The predicted molar refractivity (Wildman–Crippen MR) is 82.4 cm³/mol. The van der Waals surface area contributed by atoms with Gasteiger partial charge in [0.05, 0.1) is 14.9 Å². The minimum Gasteiger partial charge on any atom is -0.479 e. The van der Waals surface area contributed by atoms with Crippen LogP contribution in [0.3, 0.4) is 0 Å². The van der Waals surface area contributed by atoms with Crippen molar-refractivity contribution >= 4 is 46.1 Å². The maximum atomic E-state index is 12.0. The standard InChI is InChI=1S/C14H11ClN2O3S/c1-7-13(18)17-9-6-8(2-3-10(9)20-7)16-14(19)11-4-5-12(15)21-11/h2-7H,1H3,(H,16,19)(H,17,18)/t7-/m1/s1. The molecule has 1 aromatic heterocycles. The molecule has 2 heterocycles. The third-order valence-corrected chi connectivity index (χ3v) is 4.20. The molecule has 1 atom stereocenters. The first-order valence-electron chi connectivity index (χ1n) is 6.21. The average Bonchev–Trinajstić information content (AvgIpc) is 2.87. The Morgan fingerprint density at radius 2 is 2.19 bits per heavy atom. The number of fused-ring (bicyclic) bond motifs is 1. The van der Waals surface area contributed by atoms with Gasteiger partial charge in [-0.1, -0.05) is 11.6 Å². The van der Waals surface area contributed by atoms with Crippen LogP contribution in [0.5, 0.6) is 5.75 Å². The molecule has 108 valence electrons. The van der Waals surface area contributed by atoms with E-state index in [1.54, 1.807) is 37.3 Å². The Morgan fingerprint density at radius 3 is 2.90 bits per heavy atom. The van der Waals surface area contributed by atoms with Crippen molar-refractivity contribution in [2.75, 3.05) is 10.6 Å². The Hall–Kier alpha value is -2.05. The van der Waals surface area contributed by atoms with Gasteiger partial charge in [-0.15, -0.1) is 11.3 Å². The Kier molecular flexibility index (Phi) is 3.57. The molecule has 1 aliphatic rings. The van der Waals surface area contributed by atoms with Crippen LogP contribution in [0.1, 0.15) is 16.6 Å². The van der Waals surface area contributed by atoms with E-state index in [4.69, 9.17) is 16.3 Å². The molecular formula is C14H11ClN2O3S. The zero-order valence-corrected chi connectivity index (χ0v) is 12.5. The van der Waals surface area contributed by atoms with E-state index in [1.807, 2.05) is 0 Å². The fourth-order valence-electron chi connectivity index (χ4n) is 1.92. The van der Waals surface area contributed by atoms with Gasteiger partial charge in [0.15, 0.2) is 6.10 Å². The highest BCUT2D eigenvalue weighted by atomic mass is 35.5. The van der Waals surface area contributed by atoms with Crippen molar-refractivity contribution in [3.05, 3.63) is 39.5 Å². The largest absolute Gasteiger partial charge is 0.479 e. The molecule has 0 aliphatic carbocycles. The number of carbonyl (C=O) groups excluding carboxylic acids is 2. The summed E-state index contributed by atoms with van der Waals surface area (Å²) in [6.07, 6.45) is -0.522. The first-order valence-corrected chi connectivity index (χ1v) is 7.40. The van der Waals surface area contributed by atoms with Gasteiger partial charge >= 0.3 is 0 Å². The van der Waals surface area contributed by atoms with E-state index < -0.39 is 6.10 Å². The molecule has 0 radical (unpaired) electrons. The third-order valence-electron chi connectivity index (χ3n) is 2.97. The van der Waals surface area contributed by atoms with Crippen LogP contribution in [0.4, 0.5) is 11.4 Å². The van der Waals surface area contributed by atoms with Crippen LogP contribution in [0.15, 0.2) is 30.3 Å². The van der Waals surface area contributed by atoms with Gasteiger partial charge in [-0.25, -0.2) is 0 Å². The monoisotopic (exact) mass is 322 g/mol. The number of benzene rings is 1. The molecule has 2 N–H and O–H groups in total.